The highest BCUT2D eigenvalue weighted by molar-refractivity contribution is 5.93. The predicted molar refractivity (Wildman–Crippen MR) is 112 cm³/mol. The molecule has 0 saturated carbocycles. The monoisotopic (exact) mass is 375 g/mol. The van der Waals surface area contributed by atoms with Crippen LogP contribution in [0.2, 0.25) is 0 Å². The van der Waals surface area contributed by atoms with Gasteiger partial charge in [0.15, 0.2) is 0 Å². The molecular formula is C22H25N5O. The van der Waals surface area contributed by atoms with Crippen LogP contribution in [0.3, 0.4) is 0 Å². The van der Waals surface area contributed by atoms with Crippen molar-refractivity contribution >= 4 is 16.7 Å². The van der Waals surface area contributed by atoms with Gasteiger partial charge in [-0.1, -0.05) is 24.3 Å². The van der Waals surface area contributed by atoms with Crippen molar-refractivity contribution in [3.05, 3.63) is 48.3 Å². The number of nitrogens with two attached hydrogens (primary N) is 1. The summed E-state index contributed by atoms with van der Waals surface area (Å²) in [6.45, 7) is 4.59. The smallest absolute Gasteiger partial charge is 0.139 e. The van der Waals surface area contributed by atoms with E-state index in [9.17, 15) is 0 Å². The second-order valence-corrected chi connectivity index (χ2v) is 7.69. The first kappa shape index (κ1) is 17.4. The second-order valence-electron chi connectivity index (χ2n) is 7.69. The molecule has 5 rings (SSSR count). The molecule has 1 saturated heterocycles. The molecule has 6 heteroatoms. The molecule has 0 amide bonds. The summed E-state index contributed by atoms with van der Waals surface area (Å²) in [6, 6.07) is 12.8. The van der Waals surface area contributed by atoms with Crippen molar-refractivity contribution in [3.8, 4) is 16.9 Å². The summed E-state index contributed by atoms with van der Waals surface area (Å²) in [5, 5.41) is 1.09. The molecule has 2 aliphatic rings. The van der Waals surface area contributed by atoms with Gasteiger partial charge in [0.2, 0.25) is 0 Å². The maximum atomic E-state index is 6.14. The molecule has 1 atom stereocenters. The number of fused-ring (bicyclic) bond motifs is 2. The third-order valence-corrected chi connectivity index (χ3v) is 5.82. The molecule has 1 aromatic heterocycles. The summed E-state index contributed by atoms with van der Waals surface area (Å²) in [4.78, 5) is 13.8. The number of nitrogens with zero attached hydrogens (tertiary/aromatic N) is 4. The number of aromatic nitrogens is 2. The van der Waals surface area contributed by atoms with E-state index in [0.717, 1.165) is 66.2 Å². The fourth-order valence-electron chi connectivity index (χ4n) is 4.18. The van der Waals surface area contributed by atoms with Crippen molar-refractivity contribution in [2.75, 3.05) is 44.7 Å². The predicted octanol–water partition coefficient (Wildman–Crippen LogP) is 2.31. The lowest BCUT2D eigenvalue weighted by molar-refractivity contribution is 0.242. The van der Waals surface area contributed by atoms with E-state index >= 15 is 0 Å². The fourth-order valence-corrected chi connectivity index (χ4v) is 4.18. The molecule has 1 fully saturated rings. The Labute approximate surface area is 164 Å². The average molecular weight is 375 g/mol. The molecule has 3 heterocycles. The number of para-hydroxylation sites is 1. The van der Waals surface area contributed by atoms with E-state index < -0.39 is 0 Å². The standard InChI is InChI=1S/C22H25N5O/c1-26-7-9-27(10-8-26)22-19-12-15(5-6-20(19)24-14-25-22)18-4-2-3-16-11-17(13-23)28-21(16)18/h2-6,12,14,17H,7-11,13,23H2,1H3/t17-/m1/s1. The molecule has 144 valence electrons. The molecule has 2 N–H and O–H groups in total. The first-order valence-corrected chi connectivity index (χ1v) is 9.90. The van der Waals surface area contributed by atoms with Gasteiger partial charge < -0.3 is 20.3 Å². The lowest BCUT2D eigenvalue weighted by Crippen LogP contribution is -2.44. The van der Waals surface area contributed by atoms with Gasteiger partial charge in [-0.25, -0.2) is 9.97 Å². The highest BCUT2D eigenvalue weighted by Crippen LogP contribution is 2.40. The molecule has 28 heavy (non-hydrogen) atoms. The highest BCUT2D eigenvalue weighted by Gasteiger charge is 2.25. The molecule has 0 bridgehead atoms. The number of anilines is 1. The number of piperazine rings is 1. The van der Waals surface area contributed by atoms with Crippen molar-refractivity contribution < 1.29 is 4.74 Å². The summed E-state index contributed by atoms with van der Waals surface area (Å²) in [5.41, 5.74) is 10.3. The summed E-state index contributed by atoms with van der Waals surface area (Å²) >= 11 is 0. The van der Waals surface area contributed by atoms with Gasteiger partial charge in [-0.2, -0.15) is 0 Å². The zero-order valence-corrected chi connectivity index (χ0v) is 16.1. The molecule has 2 aliphatic heterocycles. The van der Waals surface area contributed by atoms with Gasteiger partial charge in [0.05, 0.1) is 5.52 Å². The summed E-state index contributed by atoms with van der Waals surface area (Å²) in [7, 11) is 2.16. The maximum Gasteiger partial charge on any atom is 0.139 e. The Hall–Kier alpha value is -2.70. The Kier molecular flexibility index (Phi) is 4.37. The van der Waals surface area contributed by atoms with Crippen molar-refractivity contribution in [1.29, 1.82) is 0 Å². The number of rotatable bonds is 3. The zero-order valence-electron chi connectivity index (χ0n) is 16.1. The normalized spacial score (nSPS) is 19.6. The minimum atomic E-state index is 0.0702. The first-order valence-electron chi connectivity index (χ1n) is 9.90. The zero-order chi connectivity index (χ0) is 19.1. The topological polar surface area (TPSA) is 67.5 Å². The van der Waals surface area contributed by atoms with Crippen molar-refractivity contribution in [1.82, 2.24) is 14.9 Å². The second kappa shape index (κ2) is 7.04. The molecule has 2 aromatic carbocycles. The van der Waals surface area contributed by atoms with Gasteiger partial charge in [-0.3, -0.25) is 0 Å². The van der Waals surface area contributed by atoms with Gasteiger partial charge in [0.1, 0.15) is 24.0 Å². The van der Waals surface area contributed by atoms with Gasteiger partial charge in [-0.15, -0.1) is 0 Å². The van der Waals surface area contributed by atoms with Gasteiger partial charge >= 0.3 is 0 Å². The van der Waals surface area contributed by atoms with E-state index in [-0.39, 0.29) is 6.10 Å². The lowest BCUT2D eigenvalue weighted by Gasteiger charge is -2.33. The number of hydrogen-bond acceptors (Lipinski definition) is 6. The summed E-state index contributed by atoms with van der Waals surface area (Å²) in [6.07, 6.45) is 2.62. The van der Waals surface area contributed by atoms with Crippen LogP contribution in [0.15, 0.2) is 42.7 Å². The van der Waals surface area contributed by atoms with Gasteiger partial charge in [-0.05, 0) is 30.3 Å². The Balaban J connectivity index is 1.58. The van der Waals surface area contributed by atoms with Crippen LogP contribution in [0.25, 0.3) is 22.0 Å². The minimum Gasteiger partial charge on any atom is -0.488 e. The SMILES string of the molecule is CN1CCN(c2ncnc3ccc(-c4cccc5c4O[C@@H](CN)C5)cc23)CC1. The highest BCUT2D eigenvalue weighted by atomic mass is 16.5. The third kappa shape index (κ3) is 2.99. The summed E-state index contributed by atoms with van der Waals surface area (Å²) < 4.78 is 6.14. The van der Waals surface area contributed by atoms with Crippen LogP contribution in [-0.2, 0) is 6.42 Å². The lowest BCUT2D eigenvalue weighted by atomic mass is 9.99. The summed E-state index contributed by atoms with van der Waals surface area (Å²) in [5.74, 6) is 1.99. The van der Waals surface area contributed by atoms with Crippen LogP contribution in [0.5, 0.6) is 5.75 Å². The number of benzene rings is 2. The van der Waals surface area contributed by atoms with E-state index in [4.69, 9.17) is 10.5 Å². The van der Waals surface area contributed by atoms with Crippen LogP contribution in [0.1, 0.15) is 5.56 Å². The minimum absolute atomic E-state index is 0.0702. The van der Waals surface area contributed by atoms with E-state index in [1.807, 2.05) is 0 Å². The Bertz CT molecular complexity index is 1010. The van der Waals surface area contributed by atoms with Crippen LogP contribution in [0, 0.1) is 0 Å². The van der Waals surface area contributed by atoms with Gasteiger partial charge in [0.25, 0.3) is 0 Å². The van der Waals surface area contributed by atoms with Crippen molar-refractivity contribution in [2.45, 2.75) is 12.5 Å². The van der Waals surface area contributed by atoms with E-state index in [2.05, 4.69) is 63.2 Å². The third-order valence-electron chi connectivity index (χ3n) is 5.82. The van der Waals surface area contributed by atoms with E-state index in [1.54, 1.807) is 6.33 Å². The van der Waals surface area contributed by atoms with Crippen LogP contribution in [-0.4, -0.2) is 60.7 Å². The Morgan fingerprint density at radius 2 is 1.96 bits per heavy atom. The molecule has 0 radical (unpaired) electrons. The Morgan fingerprint density at radius 1 is 1.11 bits per heavy atom. The Morgan fingerprint density at radius 3 is 2.79 bits per heavy atom. The molecular weight excluding hydrogens is 350 g/mol. The molecule has 0 aliphatic carbocycles. The molecule has 0 spiro atoms. The number of ether oxygens (including phenoxy) is 1. The van der Waals surface area contributed by atoms with Crippen LogP contribution >= 0.6 is 0 Å². The van der Waals surface area contributed by atoms with Crippen molar-refractivity contribution in [2.24, 2.45) is 5.73 Å². The van der Waals surface area contributed by atoms with E-state index in [0.29, 0.717) is 6.54 Å². The van der Waals surface area contributed by atoms with E-state index in [1.165, 1.54) is 5.56 Å². The van der Waals surface area contributed by atoms with Crippen LogP contribution < -0.4 is 15.4 Å². The largest absolute Gasteiger partial charge is 0.488 e. The first-order chi connectivity index (χ1) is 13.7. The maximum absolute atomic E-state index is 6.14. The average Bonchev–Trinajstić information content (AvgIpc) is 3.17. The number of likely N-dealkylation sites (N-methyl/N-ethyl adjacent to an activating group) is 1. The van der Waals surface area contributed by atoms with Crippen molar-refractivity contribution in [3.63, 3.8) is 0 Å². The fraction of sp³-hybridized carbons (Fsp3) is 0.364. The van der Waals surface area contributed by atoms with Gasteiger partial charge in [0, 0.05) is 50.1 Å². The van der Waals surface area contributed by atoms with Crippen LogP contribution in [0.4, 0.5) is 5.82 Å². The molecule has 6 nitrogen and oxygen atoms in total. The number of hydrogen-bond donors (Lipinski definition) is 1. The molecule has 3 aromatic rings. The quantitative estimate of drug-likeness (QED) is 0.758. The molecule has 0 unspecified atom stereocenters.